The Kier molecular flexibility index (Phi) is 5.37. The number of benzene rings is 2. The van der Waals surface area contributed by atoms with Crippen molar-refractivity contribution in [3.8, 4) is 5.75 Å². The van der Waals surface area contributed by atoms with Gasteiger partial charge in [0.15, 0.2) is 0 Å². The Labute approximate surface area is 135 Å². The highest BCUT2D eigenvalue weighted by atomic mass is 32.2. The molecule has 0 aromatic heterocycles. The van der Waals surface area contributed by atoms with Gasteiger partial charge in [-0.1, -0.05) is 19.1 Å². The van der Waals surface area contributed by atoms with Crippen LogP contribution in [-0.4, -0.2) is 21.8 Å². The fourth-order valence-electron chi connectivity index (χ4n) is 2.13. The molecule has 0 unspecified atom stereocenters. The zero-order valence-corrected chi connectivity index (χ0v) is 14.4. The minimum Gasteiger partial charge on any atom is -0.496 e. The lowest BCUT2D eigenvalue weighted by atomic mass is 10.1. The van der Waals surface area contributed by atoms with Gasteiger partial charge in [-0.15, -0.1) is 11.8 Å². The van der Waals surface area contributed by atoms with E-state index in [2.05, 4.69) is 4.72 Å². The van der Waals surface area contributed by atoms with E-state index < -0.39 is 10.0 Å². The van der Waals surface area contributed by atoms with E-state index in [1.165, 1.54) is 11.8 Å². The van der Waals surface area contributed by atoms with E-state index in [-0.39, 0.29) is 4.90 Å². The summed E-state index contributed by atoms with van der Waals surface area (Å²) >= 11 is 1.50. The second-order valence-corrected chi connectivity index (χ2v) is 7.16. The first-order valence-electron chi connectivity index (χ1n) is 6.84. The number of sulfonamides is 1. The summed E-state index contributed by atoms with van der Waals surface area (Å²) in [6.07, 6.45) is 2.61. The minimum absolute atomic E-state index is 0.237. The molecule has 0 saturated heterocycles. The van der Waals surface area contributed by atoms with Gasteiger partial charge in [-0.2, -0.15) is 0 Å². The van der Waals surface area contributed by atoms with Gasteiger partial charge in [-0.3, -0.25) is 4.72 Å². The van der Waals surface area contributed by atoms with Crippen molar-refractivity contribution in [1.29, 1.82) is 0 Å². The van der Waals surface area contributed by atoms with Gasteiger partial charge in [0.2, 0.25) is 0 Å². The van der Waals surface area contributed by atoms with Crippen LogP contribution >= 0.6 is 11.8 Å². The van der Waals surface area contributed by atoms with Gasteiger partial charge in [0, 0.05) is 4.90 Å². The predicted molar refractivity (Wildman–Crippen MR) is 91.4 cm³/mol. The predicted octanol–water partition coefficient (Wildman–Crippen LogP) is 3.78. The molecule has 2 aromatic rings. The summed E-state index contributed by atoms with van der Waals surface area (Å²) in [6, 6.07) is 12.2. The summed E-state index contributed by atoms with van der Waals surface area (Å²) in [6.45, 7) is 1.96. The van der Waals surface area contributed by atoms with Crippen LogP contribution in [0.2, 0.25) is 0 Å². The van der Waals surface area contributed by atoms with Crippen LogP contribution in [0.4, 0.5) is 5.69 Å². The van der Waals surface area contributed by atoms with Crippen LogP contribution in [0.25, 0.3) is 0 Å². The molecule has 2 aromatic carbocycles. The van der Waals surface area contributed by atoms with E-state index in [0.717, 1.165) is 10.5 Å². The number of para-hydroxylation sites is 1. The van der Waals surface area contributed by atoms with Gasteiger partial charge >= 0.3 is 0 Å². The number of aryl methyl sites for hydroxylation is 1. The monoisotopic (exact) mass is 337 g/mol. The van der Waals surface area contributed by atoms with E-state index in [1.807, 2.05) is 31.4 Å². The van der Waals surface area contributed by atoms with Crippen LogP contribution in [0.5, 0.6) is 5.75 Å². The molecule has 0 amide bonds. The molecule has 2 rings (SSSR count). The molecule has 0 spiro atoms. The average molecular weight is 337 g/mol. The number of hydrogen-bond donors (Lipinski definition) is 1. The van der Waals surface area contributed by atoms with Crippen molar-refractivity contribution in [3.63, 3.8) is 0 Å². The fraction of sp³-hybridized carbons (Fsp3) is 0.250. The molecule has 0 atom stereocenters. The van der Waals surface area contributed by atoms with E-state index in [9.17, 15) is 8.42 Å². The number of ether oxygens (including phenoxy) is 1. The Hall–Kier alpha value is -1.66. The van der Waals surface area contributed by atoms with Gasteiger partial charge in [0.25, 0.3) is 10.0 Å². The van der Waals surface area contributed by atoms with Crippen LogP contribution in [0.3, 0.4) is 0 Å². The van der Waals surface area contributed by atoms with Crippen molar-refractivity contribution in [1.82, 2.24) is 0 Å². The molecule has 0 radical (unpaired) electrons. The number of methoxy groups -OCH3 is 1. The third-order valence-electron chi connectivity index (χ3n) is 3.29. The molecule has 0 fully saturated rings. The molecule has 0 aliphatic heterocycles. The van der Waals surface area contributed by atoms with Gasteiger partial charge < -0.3 is 4.74 Å². The van der Waals surface area contributed by atoms with E-state index in [1.54, 1.807) is 31.4 Å². The van der Waals surface area contributed by atoms with Gasteiger partial charge in [-0.05, 0) is 48.6 Å². The molecule has 4 nitrogen and oxygen atoms in total. The Bertz CT molecular complexity index is 758. The molecule has 0 aliphatic carbocycles. The molecule has 22 heavy (non-hydrogen) atoms. The average Bonchev–Trinajstić information content (AvgIpc) is 2.54. The molecule has 0 bridgehead atoms. The first-order chi connectivity index (χ1) is 10.5. The molecule has 0 aliphatic rings. The Morgan fingerprint density at radius 2 is 1.91 bits per heavy atom. The van der Waals surface area contributed by atoms with Crippen LogP contribution in [0.1, 0.15) is 12.5 Å². The lowest BCUT2D eigenvalue weighted by Crippen LogP contribution is -2.14. The number of anilines is 1. The fourth-order valence-corrected chi connectivity index (χ4v) is 3.88. The zero-order valence-electron chi connectivity index (χ0n) is 12.8. The lowest BCUT2D eigenvalue weighted by molar-refractivity contribution is 0.409. The summed E-state index contributed by atoms with van der Waals surface area (Å²) in [7, 11) is -2.04. The lowest BCUT2D eigenvalue weighted by Gasteiger charge is -2.13. The first kappa shape index (κ1) is 16.7. The van der Waals surface area contributed by atoms with Crippen LogP contribution in [0, 0.1) is 0 Å². The summed E-state index contributed by atoms with van der Waals surface area (Å²) < 4.78 is 33.0. The third-order valence-corrected chi connectivity index (χ3v) is 5.45. The summed E-state index contributed by atoms with van der Waals surface area (Å²) in [5.41, 5.74) is 1.45. The largest absolute Gasteiger partial charge is 0.496 e. The number of thioether (sulfide) groups is 1. The molecule has 0 heterocycles. The first-order valence-corrected chi connectivity index (χ1v) is 9.55. The Morgan fingerprint density at radius 3 is 2.55 bits per heavy atom. The quantitative estimate of drug-likeness (QED) is 0.815. The van der Waals surface area contributed by atoms with E-state index in [0.29, 0.717) is 17.9 Å². The normalized spacial score (nSPS) is 11.2. The van der Waals surface area contributed by atoms with Crippen LogP contribution in [-0.2, 0) is 16.4 Å². The highest BCUT2D eigenvalue weighted by Crippen LogP contribution is 2.28. The van der Waals surface area contributed by atoms with Gasteiger partial charge in [0.05, 0.1) is 17.7 Å². The van der Waals surface area contributed by atoms with E-state index in [4.69, 9.17) is 4.74 Å². The van der Waals surface area contributed by atoms with Crippen molar-refractivity contribution >= 4 is 27.5 Å². The number of nitrogens with one attached hydrogen (secondary N) is 1. The van der Waals surface area contributed by atoms with Crippen molar-refractivity contribution < 1.29 is 13.2 Å². The van der Waals surface area contributed by atoms with Gasteiger partial charge in [0.1, 0.15) is 5.75 Å². The standard InChI is InChI=1S/C16H19NO3S2/c1-4-12-11-13(9-10-15(12)20-2)22(18,19)17-14-7-5-6-8-16(14)21-3/h5-11,17H,4H2,1-3H3. The third kappa shape index (κ3) is 3.56. The molecule has 1 N–H and O–H groups in total. The molecule has 118 valence electrons. The minimum atomic E-state index is -3.62. The summed E-state index contributed by atoms with van der Waals surface area (Å²) in [4.78, 5) is 1.12. The maximum atomic E-state index is 12.6. The second kappa shape index (κ2) is 7.07. The van der Waals surface area contributed by atoms with Gasteiger partial charge in [-0.25, -0.2) is 8.42 Å². The smallest absolute Gasteiger partial charge is 0.261 e. The molecule has 0 saturated carbocycles. The van der Waals surface area contributed by atoms with Crippen molar-refractivity contribution in [2.24, 2.45) is 0 Å². The maximum absolute atomic E-state index is 12.6. The van der Waals surface area contributed by atoms with Crippen molar-refractivity contribution in [2.75, 3.05) is 18.1 Å². The van der Waals surface area contributed by atoms with Crippen LogP contribution in [0.15, 0.2) is 52.3 Å². The highest BCUT2D eigenvalue weighted by Gasteiger charge is 2.17. The van der Waals surface area contributed by atoms with Crippen molar-refractivity contribution in [2.45, 2.75) is 23.1 Å². The van der Waals surface area contributed by atoms with E-state index >= 15 is 0 Å². The molecular formula is C16H19NO3S2. The second-order valence-electron chi connectivity index (χ2n) is 4.63. The number of hydrogen-bond acceptors (Lipinski definition) is 4. The molecule has 6 heteroatoms. The Morgan fingerprint density at radius 1 is 1.18 bits per heavy atom. The summed E-state index contributed by atoms with van der Waals surface area (Å²) in [5, 5.41) is 0. The highest BCUT2D eigenvalue weighted by molar-refractivity contribution is 7.99. The van der Waals surface area contributed by atoms with Crippen LogP contribution < -0.4 is 9.46 Å². The molecular weight excluding hydrogens is 318 g/mol. The number of rotatable bonds is 6. The summed E-state index contributed by atoms with van der Waals surface area (Å²) in [5.74, 6) is 0.700. The Balaban J connectivity index is 2.38. The van der Waals surface area contributed by atoms with Crippen molar-refractivity contribution in [3.05, 3.63) is 48.0 Å². The maximum Gasteiger partial charge on any atom is 0.261 e. The topological polar surface area (TPSA) is 55.4 Å². The SMILES string of the molecule is CCc1cc(S(=O)(=O)Nc2ccccc2SC)ccc1OC. The zero-order chi connectivity index (χ0) is 16.2.